The van der Waals surface area contributed by atoms with E-state index in [-0.39, 0.29) is 31.1 Å². The van der Waals surface area contributed by atoms with Crippen LogP contribution in [0.4, 0.5) is 0 Å². The highest BCUT2D eigenvalue weighted by atomic mass is 16.6. The van der Waals surface area contributed by atoms with Gasteiger partial charge in [-0.05, 0) is 89.9 Å². The van der Waals surface area contributed by atoms with Crippen molar-refractivity contribution >= 4 is 17.9 Å². The van der Waals surface area contributed by atoms with Crippen LogP contribution in [0.25, 0.3) is 0 Å². The monoisotopic (exact) mass is 785 g/mol. The smallest absolute Gasteiger partial charge is 0.306 e. The van der Waals surface area contributed by atoms with Gasteiger partial charge in [0.05, 0.1) is 0 Å². The highest BCUT2D eigenvalue weighted by molar-refractivity contribution is 5.71. The molecule has 0 fully saturated rings. The van der Waals surface area contributed by atoms with Crippen LogP contribution in [0.15, 0.2) is 48.6 Å². The molecule has 0 radical (unpaired) electrons. The predicted molar refractivity (Wildman–Crippen MR) is 238 cm³/mol. The molecule has 0 heterocycles. The predicted octanol–water partition coefficient (Wildman–Crippen LogP) is 15.1. The van der Waals surface area contributed by atoms with E-state index in [2.05, 4.69) is 69.4 Å². The number of hydrogen-bond acceptors (Lipinski definition) is 6. The minimum Gasteiger partial charge on any atom is -0.462 e. The van der Waals surface area contributed by atoms with E-state index < -0.39 is 6.10 Å². The zero-order valence-corrected chi connectivity index (χ0v) is 36.9. The number of rotatable bonds is 42. The summed E-state index contributed by atoms with van der Waals surface area (Å²) in [4.78, 5) is 37.7. The quantitative estimate of drug-likeness (QED) is 0.0265. The Labute approximate surface area is 346 Å². The zero-order chi connectivity index (χ0) is 40.8. The van der Waals surface area contributed by atoms with Crippen LogP contribution in [-0.2, 0) is 28.6 Å². The summed E-state index contributed by atoms with van der Waals surface area (Å²) in [6.07, 6.45) is 52.4. The van der Waals surface area contributed by atoms with E-state index in [9.17, 15) is 14.4 Å². The van der Waals surface area contributed by atoms with Crippen LogP contribution in [0.2, 0.25) is 0 Å². The van der Waals surface area contributed by atoms with Crippen LogP contribution >= 0.6 is 0 Å². The fraction of sp³-hybridized carbons (Fsp3) is 0.780. The summed E-state index contributed by atoms with van der Waals surface area (Å²) in [7, 11) is 0. The summed E-state index contributed by atoms with van der Waals surface area (Å²) < 4.78 is 16.7. The summed E-state index contributed by atoms with van der Waals surface area (Å²) in [6.45, 7) is 6.45. The fourth-order valence-corrected chi connectivity index (χ4v) is 6.45. The first-order chi connectivity index (χ1) is 27.5. The Balaban J connectivity index is 4.37. The molecular formula is C50H88O6. The summed E-state index contributed by atoms with van der Waals surface area (Å²) in [6, 6.07) is 0. The summed E-state index contributed by atoms with van der Waals surface area (Å²) in [5, 5.41) is 0. The molecule has 324 valence electrons. The third kappa shape index (κ3) is 42.5. The van der Waals surface area contributed by atoms with Crippen LogP contribution in [0.3, 0.4) is 0 Å². The fourth-order valence-electron chi connectivity index (χ4n) is 6.45. The first-order valence-electron chi connectivity index (χ1n) is 23.6. The minimum absolute atomic E-state index is 0.0867. The number of allylic oxidation sites excluding steroid dienone is 8. The van der Waals surface area contributed by atoms with Gasteiger partial charge in [0.15, 0.2) is 6.10 Å². The van der Waals surface area contributed by atoms with E-state index in [1.165, 1.54) is 77.0 Å². The van der Waals surface area contributed by atoms with Crippen molar-refractivity contribution in [1.82, 2.24) is 0 Å². The van der Waals surface area contributed by atoms with E-state index in [1.54, 1.807) is 0 Å². The molecule has 0 aliphatic heterocycles. The Bertz CT molecular complexity index is 996. The van der Waals surface area contributed by atoms with Crippen molar-refractivity contribution in [1.29, 1.82) is 0 Å². The lowest BCUT2D eigenvalue weighted by molar-refractivity contribution is -0.167. The van der Waals surface area contributed by atoms with Gasteiger partial charge in [-0.25, -0.2) is 0 Å². The van der Waals surface area contributed by atoms with E-state index in [4.69, 9.17) is 14.2 Å². The molecule has 0 spiro atoms. The maximum absolute atomic E-state index is 12.7. The second-order valence-electron chi connectivity index (χ2n) is 15.6. The van der Waals surface area contributed by atoms with Crippen molar-refractivity contribution in [3.63, 3.8) is 0 Å². The van der Waals surface area contributed by atoms with Crippen molar-refractivity contribution in [2.24, 2.45) is 0 Å². The number of unbranched alkanes of at least 4 members (excludes halogenated alkanes) is 23. The van der Waals surface area contributed by atoms with E-state index in [0.29, 0.717) is 19.3 Å². The van der Waals surface area contributed by atoms with Crippen molar-refractivity contribution in [3.8, 4) is 0 Å². The minimum atomic E-state index is -0.785. The lowest BCUT2D eigenvalue weighted by Gasteiger charge is -2.18. The van der Waals surface area contributed by atoms with Gasteiger partial charge in [-0.15, -0.1) is 0 Å². The number of ether oxygens (including phenoxy) is 3. The van der Waals surface area contributed by atoms with Crippen LogP contribution in [-0.4, -0.2) is 37.2 Å². The first kappa shape index (κ1) is 53.4. The number of carbonyl (C=O) groups is 3. The largest absolute Gasteiger partial charge is 0.462 e. The molecule has 0 saturated carbocycles. The molecule has 0 rings (SSSR count). The third-order valence-electron chi connectivity index (χ3n) is 10.0. The molecule has 0 aromatic heterocycles. The van der Waals surface area contributed by atoms with E-state index in [1.807, 2.05) is 0 Å². The van der Waals surface area contributed by atoms with Crippen LogP contribution in [0.5, 0.6) is 0 Å². The molecule has 1 unspecified atom stereocenters. The Hall–Kier alpha value is -2.63. The first-order valence-corrected chi connectivity index (χ1v) is 23.6. The highest BCUT2D eigenvalue weighted by Gasteiger charge is 2.19. The third-order valence-corrected chi connectivity index (χ3v) is 10.0. The van der Waals surface area contributed by atoms with E-state index >= 15 is 0 Å². The topological polar surface area (TPSA) is 78.9 Å². The van der Waals surface area contributed by atoms with Gasteiger partial charge in [-0.2, -0.15) is 0 Å². The second-order valence-corrected chi connectivity index (χ2v) is 15.6. The van der Waals surface area contributed by atoms with Crippen molar-refractivity contribution < 1.29 is 28.6 Å². The van der Waals surface area contributed by atoms with Gasteiger partial charge in [-0.1, -0.05) is 172 Å². The Morgan fingerprint density at radius 3 is 1.14 bits per heavy atom. The Kier molecular flexibility index (Phi) is 43.0. The molecule has 6 nitrogen and oxygen atoms in total. The molecule has 0 aliphatic rings. The van der Waals surface area contributed by atoms with Gasteiger partial charge >= 0.3 is 17.9 Å². The van der Waals surface area contributed by atoms with Gasteiger partial charge < -0.3 is 14.2 Å². The number of carbonyl (C=O) groups excluding carboxylic acids is 3. The van der Waals surface area contributed by atoms with Crippen LogP contribution in [0, 0.1) is 0 Å². The standard InChI is InChI=1S/C50H88O6/c1-4-7-10-13-16-19-22-24-25-26-27-29-31-34-37-40-43-49(52)55-46-47(45-54-48(51)42-39-36-33-30-21-18-15-12-9-6-3)56-50(53)44-41-38-35-32-28-23-20-17-14-11-8-5-2/h8,11,15,17-18,20,25-26,47H,4-7,9-10,12-14,16,19,21-24,27-46H2,1-3H3/b11-8-,18-15-,20-17-,26-25-. The maximum atomic E-state index is 12.7. The number of hydrogen-bond donors (Lipinski definition) is 0. The molecule has 6 heteroatoms. The average molecular weight is 785 g/mol. The molecule has 1 atom stereocenters. The molecule has 0 bridgehead atoms. The summed E-state index contributed by atoms with van der Waals surface area (Å²) >= 11 is 0. The summed E-state index contributed by atoms with van der Waals surface area (Å²) in [5.74, 6) is -0.924. The van der Waals surface area contributed by atoms with Gasteiger partial charge in [0, 0.05) is 19.3 Å². The molecule has 0 aromatic rings. The SMILES string of the molecule is CC/C=C\C/C=C\CCCCCCCC(=O)OC(COC(=O)CCCCCC/C=C\CCCC)COC(=O)CCCCCCC/C=C\CCCCCCCCC. The average Bonchev–Trinajstić information content (AvgIpc) is 3.19. The van der Waals surface area contributed by atoms with Gasteiger partial charge in [-0.3, -0.25) is 14.4 Å². The van der Waals surface area contributed by atoms with Crippen LogP contribution in [0.1, 0.15) is 233 Å². The molecule has 0 amide bonds. The lowest BCUT2D eigenvalue weighted by atomic mass is 10.1. The molecule has 0 saturated heterocycles. The maximum Gasteiger partial charge on any atom is 0.306 e. The van der Waals surface area contributed by atoms with Gasteiger partial charge in [0.2, 0.25) is 0 Å². The van der Waals surface area contributed by atoms with Crippen LogP contribution < -0.4 is 0 Å². The zero-order valence-electron chi connectivity index (χ0n) is 36.9. The molecule has 0 aliphatic carbocycles. The molecule has 0 N–H and O–H groups in total. The van der Waals surface area contributed by atoms with Gasteiger partial charge in [0.25, 0.3) is 0 Å². The van der Waals surface area contributed by atoms with E-state index in [0.717, 1.165) is 116 Å². The normalized spacial score (nSPS) is 12.4. The second kappa shape index (κ2) is 45.1. The molecular weight excluding hydrogens is 697 g/mol. The van der Waals surface area contributed by atoms with Gasteiger partial charge in [0.1, 0.15) is 13.2 Å². The summed E-state index contributed by atoms with van der Waals surface area (Å²) in [5.41, 5.74) is 0. The molecule has 56 heavy (non-hydrogen) atoms. The lowest BCUT2D eigenvalue weighted by Crippen LogP contribution is -2.30. The number of esters is 3. The highest BCUT2D eigenvalue weighted by Crippen LogP contribution is 2.13. The Morgan fingerprint density at radius 1 is 0.375 bits per heavy atom. The Morgan fingerprint density at radius 2 is 0.714 bits per heavy atom. The molecule has 0 aromatic carbocycles. The van der Waals surface area contributed by atoms with Crippen molar-refractivity contribution in [2.75, 3.05) is 13.2 Å². The van der Waals surface area contributed by atoms with Crippen molar-refractivity contribution in [3.05, 3.63) is 48.6 Å². The van der Waals surface area contributed by atoms with Crippen molar-refractivity contribution in [2.45, 2.75) is 239 Å².